The first-order valence-electron chi connectivity index (χ1n) is 5.50. The topological polar surface area (TPSA) is 92.5 Å². The summed E-state index contributed by atoms with van der Waals surface area (Å²) in [4.78, 5) is 19.0. The Kier molecular flexibility index (Phi) is 12.8. The zero-order chi connectivity index (χ0) is 13.0. The summed E-state index contributed by atoms with van der Waals surface area (Å²) in [6.45, 7) is 7.00. The van der Waals surface area contributed by atoms with Crippen molar-refractivity contribution in [2.24, 2.45) is 0 Å². The van der Waals surface area contributed by atoms with E-state index in [9.17, 15) is 4.79 Å². The van der Waals surface area contributed by atoms with Crippen molar-refractivity contribution in [1.82, 2.24) is 5.32 Å². The fourth-order valence-electron chi connectivity index (χ4n) is 1.22. The molecule has 0 fully saturated rings. The fourth-order valence-corrected chi connectivity index (χ4v) is 1.22. The van der Waals surface area contributed by atoms with Crippen LogP contribution in [-0.2, 0) is 4.79 Å². The molecule has 0 saturated heterocycles. The number of hydrogen-bond acceptors (Lipinski definition) is 4. The van der Waals surface area contributed by atoms with Gasteiger partial charge in [-0.1, -0.05) is 13.8 Å². The van der Waals surface area contributed by atoms with E-state index in [1.165, 1.54) is 12.8 Å². The Hall–Kier alpha value is -1.17. The van der Waals surface area contributed by atoms with Crippen molar-refractivity contribution >= 4 is 5.78 Å². The highest BCUT2D eigenvalue weighted by Gasteiger charge is 2.00. The molecule has 0 aromatic rings. The van der Waals surface area contributed by atoms with Crippen LogP contribution in [0.5, 0.6) is 0 Å². The van der Waals surface area contributed by atoms with Gasteiger partial charge in [0.1, 0.15) is 5.78 Å². The number of carbonyl (C=O) groups excluding carboxylic acids is 1. The highest BCUT2D eigenvalue weighted by atomic mass is 16.9. The second-order valence-electron chi connectivity index (χ2n) is 3.51. The molecule has 0 aromatic carbocycles. The lowest BCUT2D eigenvalue weighted by atomic mass is 10.1. The predicted octanol–water partition coefficient (Wildman–Crippen LogP) is 1.79. The van der Waals surface area contributed by atoms with Gasteiger partial charge < -0.3 is 15.3 Å². The minimum Gasteiger partial charge on any atom is -0.328 e. The van der Waals surface area contributed by atoms with E-state index >= 15 is 0 Å². The number of rotatable bonds is 7. The van der Waals surface area contributed by atoms with Crippen molar-refractivity contribution in [2.45, 2.75) is 52.5 Å². The van der Waals surface area contributed by atoms with E-state index in [-0.39, 0.29) is 0 Å². The number of ketones is 1. The number of carbonyl (C=O) groups is 1. The number of nitrogens with zero attached hydrogens (tertiary/aromatic N) is 1. The number of nitrogens with one attached hydrogen (secondary N) is 1. The molecule has 0 rings (SSSR count). The first-order valence-corrected chi connectivity index (χ1v) is 5.50. The SMILES string of the molecule is CCC(CC)NCCCC(C)=O.O=[N+]([O-])O. The lowest BCUT2D eigenvalue weighted by molar-refractivity contribution is -0.742. The van der Waals surface area contributed by atoms with E-state index in [4.69, 9.17) is 15.3 Å². The maximum Gasteiger partial charge on any atom is 0.291 e. The molecular weight excluding hydrogens is 212 g/mol. The van der Waals surface area contributed by atoms with E-state index in [2.05, 4.69) is 19.2 Å². The maximum atomic E-state index is 10.6. The molecule has 0 unspecified atom stereocenters. The van der Waals surface area contributed by atoms with E-state index < -0.39 is 5.09 Å². The van der Waals surface area contributed by atoms with Crippen LogP contribution in [0.25, 0.3) is 0 Å². The lowest BCUT2D eigenvalue weighted by Crippen LogP contribution is -2.28. The molecule has 0 aliphatic heterocycles. The third-order valence-electron chi connectivity index (χ3n) is 2.12. The normalized spacial score (nSPS) is 9.50. The third-order valence-corrected chi connectivity index (χ3v) is 2.12. The molecule has 6 nitrogen and oxygen atoms in total. The molecule has 0 heterocycles. The van der Waals surface area contributed by atoms with Crippen LogP contribution in [0.4, 0.5) is 0 Å². The third kappa shape index (κ3) is 18.6. The summed E-state index contributed by atoms with van der Waals surface area (Å²) in [5.74, 6) is 0.293. The van der Waals surface area contributed by atoms with Gasteiger partial charge in [0.25, 0.3) is 5.09 Å². The largest absolute Gasteiger partial charge is 0.328 e. The molecular formula is C10H22N2O4. The Labute approximate surface area is 96.1 Å². The Bertz CT molecular complexity index is 189. The van der Waals surface area contributed by atoms with E-state index in [1.54, 1.807) is 6.92 Å². The molecule has 96 valence electrons. The van der Waals surface area contributed by atoms with Crippen molar-refractivity contribution < 1.29 is 15.1 Å². The van der Waals surface area contributed by atoms with Crippen molar-refractivity contribution in [3.63, 3.8) is 0 Å². The molecule has 0 aromatic heterocycles. The molecule has 0 aliphatic carbocycles. The maximum absolute atomic E-state index is 10.6. The van der Waals surface area contributed by atoms with E-state index in [0.29, 0.717) is 18.2 Å². The standard InChI is InChI=1S/C10H21NO.HNO3/c1-4-10(5-2)11-8-6-7-9(3)12;2-1(3)4/h10-11H,4-8H2,1-3H3;(H,2,3,4). The van der Waals surface area contributed by atoms with Gasteiger partial charge >= 0.3 is 0 Å². The van der Waals surface area contributed by atoms with Crippen LogP contribution < -0.4 is 5.32 Å². The van der Waals surface area contributed by atoms with Gasteiger partial charge in [-0.05, 0) is 32.7 Å². The lowest BCUT2D eigenvalue weighted by Gasteiger charge is -2.13. The highest BCUT2D eigenvalue weighted by molar-refractivity contribution is 5.75. The Morgan fingerprint density at radius 1 is 1.44 bits per heavy atom. The van der Waals surface area contributed by atoms with E-state index in [0.717, 1.165) is 13.0 Å². The molecule has 0 amide bonds. The quantitative estimate of drug-likeness (QED) is 0.398. The minimum absolute atomic E-state index is 0.293. The zero-order valence-electron chi connectivity index (χ0n) is 10.2. The van der Waals surface area contributed by atoms with Gasteiger partial charge in [0.2, 0.25) is 0 Å². The van der Waals surface area contributed by atoms with Crippen molar-refractivity contribution in [1.29, 1.82) is 0 Å². The van der Waals surface area contributed by atoms with Crippen LogP contribution in [-0.4, -0.2) is 28.7 Å². The monoisotopic (exact) mass is 234 g/mol. The van der Waals surface area contributed by atoms with Crippen LogP contribution in [0, 0.1) is 10.1 Å². The smallest absolute Gasteiger partial charge is 0.291 e. The van der Waals surface area contributed by atoms with Crippen LogP contribution >= 0.6 is 0 Å². The molecule has 6 heteroatoms. The average Bonchev–Trinajstić information content (AvgIpc) is 2.17. The van der Waals surface area contributed by atoms with Gasteiger partial charge in [-0.3, -0.25) is 0 Å². The number of Topliss-reactive ketones (excluding diaryl/α,β-unsaturated/α-hetero) is 1. The summed E-state index contributed by atoms with van der Waals surface area (Å²) in [6.07, 6.45) is 4.05. The second kappa shape index (κ2) is 11.9. The molecule has 0 radical (unpaired) electrons. The molecule has 0 atom stereocenters. The average molecular weight is 234 g/mol. The summed E-state index contributed by atoms with van der Waals surface area (Å²) >= 11 is 0. The minimum atomic E-state index is -1.50. The first-order chi connectivity index (χ1) is 7.43. The zero-order valence-corrected chi connectivity index (χ0v) is 10.2. The summed E-state index contributed by atoms with van der Waals surface area (Å²) in [6, 6.07) is 0.636. The van der Waals surface area contributed by atoms with Crippen molar-refractivity contribution in [2.75, 3.05) is 6.54 Å². The van der Waals surface area contributed by atoms with Crippen molar-refractivity contribution in [3.8, 4) is 0 Å². The van der Waals surface area contributed by atoms with Gasteiger partial charge in [0.05, 0.1) is 0 Å². The molecule has 0 bridgehead atoms. The Morgan fingerprint density at radius 3 is 2.19 bits per heavy atom. The summed E-state index contributed by atoms with van der Waals surface area (Å²) < 4.78 is 0. The van der Waals surface area contributed by atoms with Gasteiger partial charge in [-0.15, -0.1) is 10.1 Å². The predicted molar refractivity (Wildman–Crippen MR) is 61.1 cm³/mol. The summed E-state index contributed by atoms with van der Waals surface area (Å²) in [5, 5.41) is 17.1. The summed E-state index contributed by atoms with van der Waals surface area (Å²) in [5.41, 5.74) is 0. The molecule has 0 saturated carbocycles. The van der Waals surface area contributed by atoms with Crippen LogP contribution in [0.3, 0.4) is 0 Å². The van der Waals surface area contributed by atoms with Gasteiger partial charge in [0.15, 0.2) is 0 Å². The molecule has 2 N–H and O–H groups in total. The van der Waals surface area contributed by atoms with Gasteiger partial charge in [-0.25, -0.2) is 0 Å². The van der Waals surface area contributed by atoms with Crippen molar-refractivity contribution in [3.05, 3.63) is 10.1 Å². The summed E-state index contributed by atoms with van der Waals surface area (Å²) in [7, 11) is 0. The molecule has 0 aliphatic rings. The van der Waals surface area contributed by atoms with Crippen LogP contribution in [0.1, 0.15) is 46.5 Å². The van der Waals surface area contributed by atoms with E-state index in [1.807, 2.05) is 0 Å². The number of hydrogen-bond donors (Lipinski definition) is 2. The molecule has 0 spiro atoms. The van der Waals surface area contributed by atoms with Crippen LogP contribution in [0.15, 0.2) is 0 Å². The van der Waals surface area contributed by atoms with Gasteiger partial charge in [-0.2, -0.15) is 0 Å². The van der Waals surface area contributed by atoms with Gasteiger partial charge in [0, 0.05) is 12.5 Å². The molecule has 16 heavy (non-hydrogen) atoms. The Balaban J connectivity index is 0. The second-order valence-corrected chi connectivity index (χ2v) is 3.51. The highest BCUT2D eigenvalue weighted by Crippen LogP contribution is 1.96. The first kappa shape index (κ1) is 17.2. The van der Waals surface area contributed by atoms with Crippen LogP contribution in [0.2, 0.25) is 0 Å². The fraction of sp³-hybridized carbons (Fsp3) is 0.900. The Morgan fingerprint density at radius 2 is 1.88 bits per heavy atom.